The van der Waals surface area contributed by atoms with E-state index in [-0.39, 0.29) is 23.3 Å². The van der Waals surface area contributed by atoms with Crippen molar-refractivity contribution in [2.24, 2.45) is 22.7 Å². The molecule has 0 radical (unpaired) electrons. The Balaban J connectivity index is 1.75. The summed E-state index contributed by atoms with van der Waals surface area (Å²) in [6.45, 7) is 12.7. The van der Waals surface area contributed by atoms with Crippen LogP contribution in [0.1, 0.15) is 66.7 Å². The van der Waals surface area contributed by atoms with Gasteiger partial charge in [0, 0.05) is 6.04 Å². The second-order valence-electron chi connectivity index (χ2n) is 10.7. The number of quaternary nitrogens is 1. The maximum Gasteiger partial charge on any atom is 0.361 e. The molecule has 2 aliphatic carbocycles. The Bertz CT molecular complexity index is 556. The Kier molecular flexibility index (Phi) is 6.66. The van der Waals surface area contributed by atoms with Gasteiger partial charge in [0.05, 0.1) is 33.7 Å². The summed E-state index contributed by atoms with van der Waals surface area (Å²) in [4.78, 5) is 24.6. The third kappa shape index (κ3) is 5.04. The molecule has 2 rings (SSSR count). The number of carbonyl (C=O) groups is 2. The van der Waals surface area contributed by atoms with Gasteiger partial charge in [0.15, 0.2) is 6.54 Å². The molecule has 1 N–H and O–H groups in total. The van der Waals surface area contributed by atoms with Crippen LogP contribution in [0.4, 0.5) is 0 Å². The highest BCUT2D eigenvalue weighted by Gasteiger charge is 2.61. The summed E-state index contributed by atoms with van der Waals surface area (Å²) < 4.78 is 5.79. The average Bonchev–Trinajstić information content (AvgIpc) is 2.85. The highest BCUT2D eigenvalue weighted by molar-refractivity contribution is 5.76. The van der Waals surface area contributed by atoms with Gasteiger partial charge in [0.1, 0.15) is 0 Å². The van der Waals surface area contributed by atoms with Crippen molar-refractivity contribution in [3.05, 3.63) is 0 Å². The Morgan fingerprint density at radius 3 is 2.41 bits per heavy atom. The molecule has 3 atom stereocenters. The van der Waals surface area contributed by atoms with Crippen LogP contribution in [0.2, 0.25) is 0 Å². The Morgan fingerprint density at radius 1 is 1.22 bits per heavy atom. The molecule has 0 aromatic rings. The number of hydrogen-bond acceptors (Lipinski definition) is 3. The molecule has 2 saturated carbocycles. The van der Waals surface area contributed by atoms with Crippen molar-refractivity contribution < 1.29 is 18.8 Å². The molecule has 0 spiro atoms. The minimum absolute atomic E-state index is 0.115. The minimum atomic E-state index is -0.177. The molecule has 0 aliphatic heterocycles. The maximum atomic E-state index is 12.6. The second kappa shape index (κ2) is 8.10. The summed E-state index contributed by atoms with van der Waals surface area (Å²) in [6, 6.07) is 0.287. The van der Waals surface area contributed by atoms with Crippen LogP contribution in [0.25, 0.3) is 0 Å². The number of esters is 1. The minimum Gasteiger partial charge on any atom is -0.462 e. The van der Waals surface area contributed by atoms with Gasteiger partial charge >= 0.3 is 5.97 Å². The summed E-state index contributed by atoms with van der Waals surface area (Å²) in [5.74, 6) is 1.19. The molecule has 27 heavy (non-hydrogen) atoms. The van der Waals surface area contributed by atoms with E-state index in [1.807, 2.05) is 14.1 Å². The van der Waals surface area contributed by atoms with E-state index in [4.69, 9.17) is 4.74 Å². The van der Waals surface area contributed by atoms with Crippen molar-refractivity contribution >= 4 is 11.9 Å². The fourth-order valence-electron chi connectivity index (χ4n) is 4.98. The van der Waals surface area contributed by atoms with Crippen LogP contribution in [-0.4, -0.2) is 56.2 Å². The second-order valence-corrected chi connectivity index (χ2v) is 10.7. The number of hydrogen-bond donors (Lipinski definition) is 1. The lowest BCUT2D eigenvalue weighted by Crippen LogP contribution is -2.49. The smallest absolute Gasteiger partial charge is 0.361 e. The van der Waals surface area contributed by atoms with Crippen LogP contribution in [0.15, 0.2) is 0 Å². The first kappa shape index (κ1) is 22.2. The molecule has 0 aromatic carbocycles. The molecule has 0 heterocycles. The Hall–Kier alpha value is -1.10. The summed E-state index contributed by atoms with van der Waals surface area (Å²) in [5.41, 5.74) is 0.512. The van der Waals surface area contributed by atoms with E-state index >= 15 is 0 Å². The molecule has 1 amide bonds. The van der Waals surface area contributed by atoms with Crippen molar-refractivity contribution in [3.8, 4) is 0 Å². The normalized spacial score (nSPS) is 29.2. The van der Waals surface area contributed by atoms with Crippen LogP contribution in [0.3, 0.4) is 0 Å². The van der Waals surface area contributed by atoms with Gasteiger partial charge in [-0.05, 0) is 48.3 Å². The lowest BCUT2D eigenvalue weighted by Gasteiger charge is -2.39. The van der Waals surface area contributed by atoms with Crippen LogP contribution < -0.4 is 5.32 Å². The van der Waals surface area contributed by atoms with Crippen LogP contribution in [0.5, 0.6) is 0 Å². The highest BCUT2D eigenvalue weighted by atomic mass is 16.5. The lowest BCUT2D eigenvalue weighted by molar-refractivity contribution is -0.882. The van der Waals surface area contributed by atoms with Gasteiger partial charge in [0.25, 0.3) is 0 Å². The molecule has 2 fully saturated rings. The fourth-order valence-corrected chi connectivity index (χ4v) is 4.98. The predicted molar refractivity (Wildman–Crippen MR) is 108 cm³/mol. The zero-order valence-corrected chi connectivity index (χ0v) is 18.6. The van der Waals surface area contributed by atoms with Crippen LogP contribution in [0, 0.1) is 22.7 Å². The van der Waals surface area contributed by atoms with Gasteiger partial charge in [-0.15, -0.1) is 0 Å². The Morgan fingerprint density at radius 2 is 1.89 bits per heavy atom. The average molecular weight is 382 g/mol. The summed E-state index contributed by atoms with van der Waals surface area (Å²) in [6.07, 6.45) is 4.94. The van der Waals surface area contributed by atoms with Crippen molar-refractivity contribution in [3.63, 3.8) is 0 Å². The quantitative estimate of drug-likeness (QED) is 0.492. The number of carbonyl (C=O) groups excluding carboxylic acids is 2. The number of ether oxygens (including phenoxy) is 1. The molecule has 5 heteroatoms. The maximum absolute atomic E-state index is 12.6. The number of nitrogens with zero attached hydrogens (tertiary/aromatic N) is 1. The van der Waals surface area contributed by atoms with Gasteiger partial charge in [0.2, 0.25) is 5.91 Å². The molecular weight excluding hydrogens is 340 g/mol. The third-order valence-electron chi connectivity index (χ3n) is 7.59. The van der Waals surface area contributed by atoms with E-state index in [0.29, 0.717) is 41.9 Å². The molecule has 156 valence electrons. The third-order valence-corrected chi connectivity index (χ3v) is 7.59. The first-order chi connectivity index (χ1) is 12.4. The predicted octanol–water partition coefficient (Wildman–Crippen LogP) is 3.37. The highest BCUT2D eigenvalue weighted by Crippen LogP contribution is 2.65. The van der Waals surface area contributed by atoms with E-state index in [2.05, 4.69) is 39.9 Å². The number of rotatable bonds is 9. The summed E-state index contributed by atoms with van der Waals surface area (Å²) in [7, 11) is 3.97. The van der Waals surface area contributed by atoms with Crippen LogP contribution in [-0.2, 0) is 14.3 Å². The van der Waals surface area contributed by atoms with E-state index in [0.717, 1.165) is 18.8 Å². The van der Waals surface area contributed by atoms with E-state index < -0.39 is 0 Å². The number of fused-ring (bicyclic) bond motifs is 2. The molecule has 2 bridgehead atoms. The summed E-state index contributed by atoms with van der Waals surface area (Å²) in [5, 5.41) is 3.31. The van der Waals surface area contributed by atoms with E-state index in [1.165, 1.54) is 12.8 Å². The first-order valence-corrected chi connectivity index (χ1v) is 10.6. The molecule has 3 unspecified atom stereocenters. The van der Waals surface area contributed by atoms with Crippen LogP contribution >= 0.6 is 0 Å². The standard InChI is InChI=1S/C22H40N2O3/c1-16(2)10-13-27-20(26)15-24(6,7)12-9-19(25)23-18-14-17-8-11-22(18,5)21(17,3)4/h16-18H,8-15H2,1-7H3/p+1. The lowest BCUT2D eigenvalue weighted by atomic mass is 9.69. The number of amides is 1. The Labute approximate surface area is 165 Å². The number of nitrogens with one attached hydrogen (secondary N) is 1. The van der Waals surface area contributed by atoms with E-state index in [9.17, 15) is 9.59 Å². The molecular formula is C22H41N2O3+. The van der Waals surface area contributed by atoms with Crippen molar-refractivity contribution in [2.75, 3.05) is 33.8 Å². The topological polar surface area (TPSA) is 55.4 Å². The first-order valence-electron chi connectivity index (χ1n) is 10.6. The van der Waals surface area contributed by atoms with Crippen molar-refractivity contribution in [1.29, 1.82) is 0 Å². The molecule has 5 nitrogen and oxygen atoms in total. The summed E-state index contributed by atoms with van der Waals surface area (Å²) >= 11 is 0. The van der Waals surface area contributed by atoms with Gasteiger partial charge in [-0.2, -0.15) is 0 Å². The van der Waals surface area contributed by atoms with E-state index in [1.54, 1.807) is 0 Å². The zero-order valence-electron chi connectivity index (χ0n) is 18.6. The fraction of sp³-hybridized carbons (Fsp3) is 0.909. The van der Waals surface area contributed by atoms with Gasteiger partial charge in [-0.25, -0.2) is 4.79 Å². The number of likely N-dealkylation sites (N-methyl/N-ethyl adjacent to an activating group) is 1. The van der Waals surface area contributed by atoms with Crippen molar-refractivity contribution in [2.45, 2.75) is 72.8 Å². The van der Waals surface area contributed by atoms with Gasteiger partial charge in [-0.3, -0.25) is 4.79 Å². The molecule has 0 aromatic heterocycles. The monoisotopic (exact) mass is 381 g/mol. The van der Waals surface area contributed by atoms with Crippen molar-refractivity contribution in [1.82, 2.24) is 5.32 Å². The molecule has 0 saturated heterocycles. The SMILES string of the molecule is CC(C)CCOC(=O)C[N+](C)(C)CCC(=O)NC1CC2CCC1(C)C2(C)C. The van der Waals surface area contributed by atoms with Gasteiger partial charge in [-0.1, -0.05) is 34.6 Å². The van der Waals surface area contributed by atoms with Gasteiger partial charge < -0.3 is 14.5 Å². The largest absolute Gasteiger partial charge is 0.462 e. The zero-order chi connectivity index (χ0) is 20.5. The molecule has 2 aliphatic rings.